The van der Waals surface area contributed by atoms with Crippen LogP contribution < -0.4 is 10.6 Å². The lowest BCUT2D eigenvalue weighted by Crippen LogP contribution is -2.44. The molecule has 144 valence electrons. The number of nitrogens with one attached hydrogen (secondary N) is 2. The third-order valence-electron chi connectivity index (χ3n) is 5.60. The summed E-state index contributed by atoms with van der Waals surface area (Å²) in [5, 5.41) is 5.96. The van der Waals surface area contributed by atoms with Gasteiger partial charge in [0.1, 0.15) is 0 Å². The molecule has 1 aliphatic carbocycles. The summed E-state index contributed by atoms with van der Waals surface area (Å²) >= 11 is 0. The smallest absolute Gasteiger partial charge is 0.314 e. The van der Waals surface area contributed by atoms with Crippen LogP contribution in [0.4, 0.5) is 4.79 Å². The summed E-state index contributed by atoms with van der Waals surface area (Å²) < 4.78 is 24.6. The number of sulfonamides is 1. The Morgan fingerprint density at radius 3 is 2.54 bits per heavy atom. The van der Waals surface area contributed by atoms with Crippen molar-refractivity contribution in [2.45, 2.75) is 38.0 Å². The monoisotopic (exact) mass is 379 g/mol. The molecule has 1 heterocycles. The molecular weight excluding hydrogens is 350 g/mol. The van der Waals surface area contributed by atoms with Gasteiger partial charge in [0.05, 0.1) is 6.26 Å². The second-order valence-corrected chi connectivity index (χ2v) is 9.47. The van der Waals surface area contributed by atoms with Crippen LogP contribution in [0, 0.1) is 5.92 Å². The summed E-state index contributed by atoms with van der Waals surface area (Å²) in [7, 11) is -3.09. The van der Waals surface area contributed by atoms with Crippen molar-refractivity contribution in [3.63, 3.8) is 0 Å². The first kappa shape index (κ1) is 19.2. The van der Waals surface area contributed by atoms with Gasteiger partial charge in [0.25, 0.3) is 0 Å². The minimum absolute atomic E-state index is 0.126. The Bertz CT molecular complexity index is 727. The van der Waals surface area contributed by atoms with E-state index in [0.29, 0.717) is 38.0 Å². The number of carbonyl (C=O) groups is 1. The minimum atomic E-state index is -3.09. The molecule has 1 aliphatic heterocycles. The molecular formula is C19H29N3O3S. The van der Waals surface area contributed by atoms with E-state index in [1.807, 2.05) is 0 Å². The SMILES string of the molecule is CS(=O)(=O)N1CCC(CNC(=O)NC[C@H]2CCCc3ccccc32)CC1. The average molecular weight is 380 g/mol. The number of hydrogen-bond donors (Lipinski definition) is 2. The fourth-order valence-corrected chi connectivity index (χ4v) is 4.90. The van der Waals surface area contributed by atoms with Gasteiger partial charge in [0.15, 0.2) is 0 Å². The predicted molar refractivity (Wildman–Crippen MR) is 103 cm³/mol. The molecule has 1 fully saturated rings. The molecule has 3 rings (SSSR count). The second-order valence-electron chi connectivity index (χ2n) is 7.48. The minimum Gasteiger partial charge on any atom is -0.338 e. The van der Waals surface area contributed by atoms with Gasteiger partial charge in [-0.2, -0.15) is 0 Å². The van der Waals surface area contributed by atoms with Gasteiger partial charge in [-0.05, 0) is 49.1 Å². The Morgan fingerprint density at radius 2 is 1.81 bits per heavy atom. The molecule has 1 aromatic carbocycles. The lowest BCUT2D eigenvalue weighted by molar-refractivity contribution is 0.230. The first-order valence-electron chi connectivity index (χ1n) is 9.48. The van der Waals surface area contributed by atoms with Crippen LogP contribution in [0.1, 0.15) is 42.7 Å². The van der Waals surface area contributed by atoms with Crippen LogP contribution in [-0.2, 0) is 16.4 Å². The predicted octanol–water partition coefficient (Wildman–Crippen LogP) is 2.08. The Morgan fingerprint density at radius 1 is 1.12 bits per heavy atom. The number of aryl methyl sites for hydroxylation is 1. The Labute approximate surface area is 156 Å². The van der Waals surface area contributed by atoms with Crippen molar-refractivity contribution in [2.24, 2.45) is 5.92 Å². The second kappa shape index (κ2) is 8.39. The van der Waals surface area contributed by atoms with E-state index in [1.54, 1.807) is 0 Å². The third kappa shape index (κ3) is 4.98. The van der Waals surface area contributed by atoms with Gasteiger partial charge >= 0.3 is 6.03 Å². The molecule has 0 radical (unpaired) electrons. The van der Waals surface area contributed by atoms with E-state index >= 15 is 0 Å². The number of urea groups is 1. The van der Waals surface area contributed by atoms with Crippen molar-refractivity contribution in [1.82, 2.24) is 14.9 Å². The topological polar surface area (TPSA) is 78.5 Å². The quantitative estimate of drug-likeness (QED) is 0.822. The molecule has 26 heavy (non-hydrogen) atoms. The summed E-state index contributed by atoms with van der Waals surface area (Å²) in [5.74, 6) is 0.734. The molecule has 6 nitrogen and oxygen atoms in total. The van der Waals surface area contributed by atoms with Crippen molar-refractivity contribution in [3.05, 3.63) is 35.4 Å². The van der Waals surface area contributed by atoms with Crippen LogP contribution >= 0.6 is 0 Å². The van der Waals surface area contributed by atoms with Gasteiger partial charge in [0, 0.05) is 32.1 Å². The van der Waals surface area contributed by atoms with Gasteiger partial charge in [0.2, 0.25) is 10.0 Å². The number of amides is 2. The number of rotatable bonds is 5. The highest BCUT2D eigenvalue weighted by molar-refractivity contribution is 7.88. The van der Waals surface area contributed by atoms with E-state index in [0.717, 1.165) is 25.7 Å². The number of hydrogen-bond acceptors (Lipinski definition) is 3. The van der Waals surface area contributed by atoms with Gasteiger partial charge in [-0.3, -0.25) is 0 Å². The Kier molecular flexibility index (Phi) is 6.19. The van der Waals surface area contributed by atoms with Gasteiger partial charge < -0.3 is 10.6 Å². The standard InChI is InChI=1S/C19H29N3O3S/c1-26(24,25)22-11-9-15(10-12-22)13-20-19(23)21-14-17-7-4-6-16-5-2-3-8-18(16)17/h2-3,5,8,15,17H,4,6-7,9-14H2,1H3,(H2,20,21,23)/t17-/m1/s1. The zero-order chi connectivity index (χ0) is 18.6. The molecule has 7 heteroatoms. The molecule has 2 N–H and O–H groups in total. The molecule has 1 aromatic rings. The van der Waals surface area contributed by atoms with Crippen LogP contribution in [0.2, 0.25) is 0 Å². The molecule has 2 aliphatic rings. The number of nitrogens with zero attached hydrogens (tertiary/aromatic N) is 1. The summed E-state index contributed by atoms with van der Waals surface area (Å²) in [6.45, 7) is 2.36. The van der Waals surface area contributed by atoms with Crippen LogP contribution in [0.3, 0.4) is 0 Å². The summed E-state index contributed by atoms with van der Waals surface area (Å²) in [6.07, 6.45) is 6.26. The zero-order valence-corrected chi connectivity index (χ0v) is 16.2. The van der Waals surface area contributed by atoms with E-state index in [4.69, 9.17) is 0 Å². The molecule has 0 saturated carbocycles. The average Bonchev–Trinajstić information content (AvgIpc) is 2.64. The van der Waals surface area contributed by atoms with Gasteiger partial charge in [-0.25, -0.2) is 17.5 Å². The highest BCUT2D eigenvalue weighted by Crippen LogP contribution is 2.30. The molecule has 1 saturated heterocycles. The van der Waals surface area contributed by atoms with E-state index < -0.39 is 10.0 Å². The van der Waals surface area contributed by atoms with E-state index in [1.165, 1.54) is 28.1 Å². The Balaban J connectivity index is 1.39. The van der Waals surface area contributed by atoms with Crippen molar-refractivity contribution >= 4 is 16.1 Å². The Hall–Kier alpha value is -1.60. The maximum atomic E-state index is 12.1. The summed E-state index contributed by atoms with van der Waals surface area (Å²) in [6, 6.07) is 8.38. The first-order chi connectivity index (χ1) is 12.4. The number of piperidine rings is 1. The largest absolute Gasteiger partial charge is 0.338 e. The fraction of sp³-hybridized carbons (Fsp3) is 0.632. The molecule has 0 bridgehead atoms. The highest BCUT2D eigenvalue weighted by Gasteiger charge is 2.25. The van der Waals surface area contributed by atoms with Crippen LogP contribution in [-0.4, -0.2) is 51.2 Å². The lowest BCUT2D eigenvalue weighted by Gasteiger charge is -2.30. The zero-order valence-electron chi connectivity index (χ0n) is 15.4. The maximum absolute atomic E-state index is 12.1. The van der Waals surface area contributed by atoms with E-state index in [-0.39, 0.29) is 6.03 Å². The fourth-order valence-electron chi connectivity index (χ4n) is 4.03. The van der Waals surface area contributed by atoms with Crippen molar-refractivity contribution in [2.75, 3.05) is 32.4 Å². The van der Waals surface area contributed by atoms with Crippen molar-refractivity contribution < 1.29 is 13.2 Å². The number of benzene rings is 1. The van der Waals surface area contributed by atoms with Crippen LogP contribution in [0.15, 0.2) is 24.3 Å². The molecule has 1 atom stereocenters. The van der Waals surface area contributed by atoms with E-state index in [9.17, 15) is 13.2 Å². The van der Waals surface area contributed by atoms with E-state index in [2.05, 4.69) is 34.9 Å². The van der Waals surface area contributed by atoms with Crippen LogP contribution in [0.5, 0.6) is 0 Å². The molecule has 0 spiro atoms. The number of carbonyl (C=O) groups excluding carboxylic acids is 1. The van der Waals surface area contributed by atoms with Crippen LogP contribution in [0.25, 0.3) is 0 Å². The highest BCUT2D eigenvalue weighted by atomic mass is 32.2. The molecule has 0 aromatic heterocycles. The molecule has 2 amide bonds. The lowest BCUT2D eigenvalue weighted by atomic mass is 9.83. The van der Waals surface area contributed by atoms with Gasteiger partial charge in [-0.15, -0.1) is 0 Å². The third-order valence-corrected chi connectivity index (χ3v) is 6.90. The van der Waals surface area contributed by atoms with Crippen molar-refractivity contribution in [3.8, 4) is 0 Å². The normalized spacial score (nSPS) is 21.8. The maximum Gasteiger partial charge on any atom is 0.314 e. The van der Waals surface area contributed by atoms with Gasteiger partial charge in [-0.1, -0.05) is 24.3 Å². The number of fused-ring (bicyclic) bond motifs is 1. The summed E-state index contributed by atoms with van der Waals surface area (Å²) in [5.41, 5.74) is 2.77. The summed E-state index contributed by atoms with van der Waals surface area (Å²) in [4.78, 5) is 12.1. The molecule has 0 unspecified atom stereocenters. The van der Waals surface area contributed by atoms with Crippen molar-refractivity contribution in [1.29, 1.82) is 0 Å². The first-order valence-corrected chi connectivity index (χ1v) is 11.3.